The fourth-order valence-corrected chi connectivity index (χ4v) is 1.76. The Morgan fingerprint density at radius 2 is 1.74 bits per heavy atom. The van der Waals surface area contributed by atoms with Crippen LogP contribution in [0.3, 0.4) is 0 Å². The predicted molar refractivity (Wildman–Crippen MR) is 69.2 cm³/mol. The third-order valence-electron chi connectivity index (χ3n) is 2.63. The summed E-state index contributed by atoms with van der Waals surface area (Å²) in [6.45, 7) is 3.59. The lowest BCUT2D eigenvalue weighted by Gasteiger charge is -2.32. The Labute approximate surface area is 111 Å². The van der Waals surface area contributed by atoms with Crippen LogP contribution in [0.5, 0.6) is 0 Å². The standard InChI is InChI=1S/C13H18N2O4/c1-13(2,8-18-11(14)16)10(19-12(15)17)9-6-4-3-5-7-9/h3-7,10H,8H2,1-2H3,(H2,14,16)(H2,15,17). The molecule has 19 heavy (non-hydrogen) atoms. The van der Waals surface area contributed by atoms with Crippen molar-refractivity contribution in [3.05, 3.63) is 35.9 Å². The van der Waals surface area contributed by atoms with Gasteiger partial charge in [-0.3, -0.25) is 0 Å². The molecule has 0 radical (unpaired) electrons. The molecule has 0 saturated heterocycles. The van der Waals surface area contributed by atoms with Crippen LogP contribution in [0.15, 0.2) is 30.3 Å². The van der Waals surface area contributed by atoms with E-state index in [2.05, 4.69) is 0 Å². The van der Waals surface area contributed by atoms with Gasteiger partial charge in [0.15, 0.2) is 0 Å². The number of benzene rings is 1. The highest BCUT2D eigenvalue weighted by Gasteiger charge is 2.35. The first kappa shape index (κ1) is 14.8. The number of ether oxygens (including phenoxy) is 2. The molecule has 104 valence electrons. The van der Waals surface area contributed by atoms with E-state index in [9.17, 15) is 9.59 Å². The minimum atomic E-state index is -0.888. The Balaban J connectivity index is 2.96. The van der Waals surface area contributed by atoms with Gasteiger partial charge in [-0.1, -0.05) is 44.2 Å². The molecule has 0 heterocycles. The van der Waals surface area contributed by atoms with Gasteiger partial charge in [-0.2, -0.15) is 0 Å². The highest BCUT2D eigenvalue weighted by Crippen LogP contribution is 2.36. The molecule has 4 N–H and O–H groups in total. The summed E-state index contributed by atoms with van der Waals surface area (Å²) in [5, 5.41) is 0. The van der Waals surface area contributed by atoms with E-state index in [-0.39, 0.29) is 6.61 Å². The largest absolute Gasteiger partial charge is 0.449 e. The lowest BCUT2D eigenvalue weighted by molar-refractivity contribution is -0.0101. The molecule has 0 aliphatic carbocycles. The van der Waals surface area contributed by atoms with Crippen LogP contribution in [0, 0.1) is 5.41 Å². The quantitative estimate of drug-likeness (QED) is 0.849. The van der Waals surface area contributed by atoms with Gasteiger partial charge >= 0.3 is 12.2 Å². The van der Waals surface area contributed by atoms with Crippen LogP contribution in [0.4, 0.5) is 9.59 Å². The number of primary amides is 2. The second-order valence-electron chi connectivity index (χ2n) is 4.82. The maximum absolute atomic E-state index is 11.0. The molecule has 2 amide bonds. The summed E-state index contributed by atoms with van der Waals surface area (Å²) in [5.74, 6) is 0. The van der Waals surface area contributed by atoms with Crippen molar-refractivity contribution in [1.82, 2.24) is 0 Å². The van der Waals surface area contributed by atoms with Crippen LogP contribution >= 0.6 is 0 Å². The number of hydrogen-bond donors (Lipinski definition) is 2. The van der Waals surface area contributed by atoms with Gasteiger partial charge < -0.3 is 20.9 Å². The average molecular weight is 266 g/mol. The van der Waals surface area contributed by atoms with Crippen molar-refractivity contribution < 1.29 is 19.1 Å². The summed E-state index contributed by atoms with van der Waals surface area (Å²) in [6.07, 6.45) is -2.40. The van der Waals surface area contributed by atoms with Crippen LogP contribution < -0.4 is 11.5 Å². The lowest BCUT2D eigenvalue weighted by atomic mass is 9.83. The van der Waals surface area contributed by atoms with E-state index >= 15 is 0 Å². The fraction of sp³-hybridized carbons (Fsp3) is 0.385. The average Bonchev–Trinajstić information content (AvgIpc) is 2.34. The Hall–Kier alpha value is -2.24. The molecule has 0 aliphatic rings. The van der Waals surface area contributed by atoms with E-state index in [1.807, 2.05) is 18.2 Å². The van der Waals surface area contributed by atoms with Crippen molar-refractivity contribution in [3.63, 3.8) is 0 Å². The van der Waals surface area contributed by atoms with Gasteiger partial charge in [-0.05, 0) is 5.56 Å². The number of carbonyl (C=O) groups excluding carboxylic acids is 2. The SMILES string of the molecule is CC(C)(COC(N)=O)C(OC(N)=O)c1ccccc1. The van der Waals surface area contributed by atoms with Crippen LogP contribution in [0.25, 0.3) is 0 Å². The minimum absolute atomic E-state index is 0.00910. The molecule has 0 saturated carbocycles. The van der Waals surface area contributed by atoms with E-state index in [1.165, 1.54) is 0 Å². The van der Waals surface area contributed by atoms with Crippen molar-refractivity contribution >= 4 is 12.2 Å². The number of carbonyl (C=O) groups is 2. The molecule has 1 atom stereocenters. The van der Waals surface area contributed by atoms with Gasteiger partial charge in [0.1, 0.15) is 12.7 Å². The first-order valence-electron chi connectivity index (χ1n) is 5.76. The van der Waals surface area contributed by atoms with Crippen molar-refractivity contribution in [2.45, 2.75) is 20.0 Å². The first-order chi connectivity index (χ1) is 8.83. The smallest absolute Gasteiger partial charge is 0.405 e. The molecule has 1 aromatic rings. The van der Waals surface area contributed by atoms with E-state index in [4.69, 9.17) is 20.9 Å². The summed E-state index contributed by atoms with van der Waals surface area (Å²) in [4.78, 5) is 21.7. The summed E-state index contributed by atoms with van der Waals surface area (Å²) in [6, 6.07) is 9.09. The molecule has 0 bridgehead atoms. The molecular weight excluding hydrogens is 248 g/mol. The zero-order valence-electron chi connectivity index (χ0n) is 11.0. The monoisotopic (exact) mass is 266 g/mol. The molecule has 0 fully saturated rings. The zero-order valence-corrected chi connectivity index (χ0v) is 11.0. The van der Waals surface area contributed by atoms with Gasteiger partial charge in [-0.15, -0.1) is 0 Å². The molecule has 6 heteroatoms. The number of rotatable bonds is 5. The van der Waals surface area contributed by atoms with Crippen molar-refractivity contribution in [2.24, 2.45) is 16.9 Å². The molecule has 1 unspecified atom stereocenters. The Bertz CT molecular complexity index is 445. The molecular formula is C13H18N2O4. The van der Waals surface area contributed by atoms with Crippen molar-refractivity contribution in [2.75, 3.05) is 6.61 Å². The second-order valence-corrected chi connectivity index (χ2v) is 4.82. The van der Waals surface area contributed by atoms with E-state index in [1.54, 1.807) is 26.0 Å². The molecule has 0 aromatic heterocycles. The zero-order chi connectivity index (χ0) is 14.5. The molecule has 6 nitrogen and oxygen atoms in total. The van der Waals surface area contributed by atoms with Crippen molar-refractivity contribution in [3.8, 4) is 0 Å². The Morgan fingerprint density at radius 3 is 2.21 bits per heavy atom. The van der Waals surface area contributed by atoms with E-state index in [0.717, 1.165) is 5.56 Å². The summed E-state index contributed by atoms with van der Waals surface area (Å²) in [7, 11) is 0. The number of hydrogen-bond acceptors (Lipinski definition) is 4. The second kappa shape index (κ2) is 6.08. The minimum Gasteiger partial charge on any atom is -0.449 e. The maximum atomic E-state index is 11.0. The highest BCUT2D eigenvalue weighted by atomic mass is 16.6. The molecule has 1 aromatic carbocycles. The highest BCUT2D eigenvalue weighted by molar-refractivity contribution is 5.65. The number of amides is 2. The lowest BCUT2D eigenvalue weighted by Crippen LogP contribution is -2.34. The topological polar surface area (TPSA) is 105 Å². The Morgan fingerprint density at radius 1 is 1.16 bits per heavy atom. The molecule has 0 aliphatic heterocycles. The maximum Gasteiger partial charge on any atom is 0.405 e. The summed E-state index contributed by atoms with van der Waals surface area (Å²) >= 11 is 0. The third kappa shape index (κ3) is 4.50. The van der Waals surface area contributed by atoms with Crippen LogP contribution in [0.2, 0.25) is 0 Å². The van der Waals surface area contributed by atoms with E-state index < -0.39 is 23.7 Å². The normalized spacial score (nSPS) is 12.5. The van der Waals surface area contributed by atoms with Crippen LogP contribution in [-0.4, -0.2) is 18.8 Å². The van der Waals surface area contributed by atoms with Gasteiger partial charge in [-0.25, -0.2) is 9.59 Å². The van der Waals surface area contributed by atoms with E-state index in [0.29, 0.717) is 0 Å². The number of nitrogens with two attached hydrogens (primary N) is 2. The molecule has 0 spiro atoms. The predicted octanol–water partition coefficient (Wildman–Crippen LogP) is 1.94. The van der Waals surface area contributed by atoms with Crippen LogP contribution in [-0.2, 0) is 9.47 Å². The van der Waals surface area contributed by atoms with Gasteiger partial charge in [0.2, 0.25) is 0 Å². The van der Waals surface area contributed by atoms with Crippen LogP contribution in [0.1, 0.15) is 25.5 Å². The van der Waals surface area contributed by atoms with Gasteiger partial charge in [0.25, 0.3) is 0 Å². The Kier molecular flexibility index (Phi) is 4.74. The fourth-order valence-electron chi connectivity index (χ4n) is 1.76. The van der Waals surface area contributed by atoms with Gasteiger partial charge in [0, 0.05) is 5.41 Å². The third-order valence-corrected chi connectivity index (χ3v) is 2.63. The summed E-state index contributed by atoms with van der Waals surface area (Å²) < 4.78 is 9.94. The first-order valence-corrected chi connectivity index (χ1v) is 5.76. The molecule has 1 rings (SSSR count). The summed E-state index contributed by atoms with van der Waals surface area (Å²) in [5.41, 5.74) is 10.1. The van der Waals surface area contributed by atoms with Crippen molar-refractivity contribution in [1.29, 1.82) is 0 Å². The van der Waals surface area contributed by atoms with Gasteiger partial charge in [0.05, 0.1) is 0 Å².